The van der Waals surface area contributed by atoms with Crippen LogP contribution in [0.5, 0.6) is 0 Å². The molecule has 0 aromatic heterocycles. The average molecular weight is 414 g/mol. The average Bonchev–Trinajstić information content (AvgIpc) is 3.00. The summed E-state index contributed by atoms with van der Waals surface area (Å²) in [6, 6.07) is 9.19. The molecule has 1 saturated carbocycles. The maximum atomic E-state index is 11.6. The van der Waals surface area contributed by atoms with Gasteiger partial charge in [-0.2, -0.15) is 0 Å². The van der Waals surface area contributed by atoms with Gasteiger partial charge < -0.3 is 5.32 Å². The Balaban J connectivity index is 1.50. The van der Waals surface area contributed by atoms with Crippen LogP contribution in [-0.4, -0.2) is 33.5 Å². The molecule has 2 bridgehead atoms. The maximum Gasteiger partial charge on any atom is 0.292 e. The fraction of sp³-hybridized carbons (Fsp3) is 0.760. The van der Waals surface area contributed by atoms with Crippen molar-refractivity contribution < 1.29 is 4.92 Å². The standard InChI is InChI=1S/C25H39N3O2/c1-4-15-25(26-23-7-5-6-8-24(23)28(29)30)16-21-13-14-22(17-25)27(21)20-11-9-19(10-12-20)18(2)3/h5-8,18-22,26H,4,9-17H2,1-3H3/t19-,20+,21-,22+,25+. The van der Waals surface area contributed by atoms with Gasteiger partial charge in [-0.05, 0) is 75.7 Å². The Morgan fingerprint density at radius 3 is 2.23 bits per heavy atom. The fourth-order valence-corrected chi connectivity index (χ4v) is 6.92. The molecule has 0 spiro atoms. The lowest BCUT2D eigenvalue weighted by molar-refractivity contribution is -0.384. The molecule has 4 rings (SSSR count). The number of rotatable bonds is 7. The Hall–Kier alpha value is -1.62. The van der Waals surface area contributed by atoms with Gasteiger partial charge in [0.05, 0.1) is 4.92 Å². The quantitative estimate of drug-likeness (QED) is 0.416. The van der Waals surface area contributed by atoms with E-state index in [4.69, 9.17) is 0 Å². The van der Waals surface area contributed by atoms with Gasteiger partial charge in [0.25, 0.3) is 5.69 Å². The number of piperidine rings is 1. The van der Waals surface area contributed by atoms with Crippen molar-refractivity contribution in [2.24, 2.45) is 11.8 Å². The third-order valence-corrected chi connectivity index (χ3v) is 8.26. The van der Waals surface area contributed by atoms with Crippen molar-refractivity contribution in [1.29, 1.82) is 0 Å². The van der Waals surface area contributed by atoms with E-state index in [0.29, 0.717) is 17.8 Å². The molecule has 2 saturated heterocycles. The highest BCUT2D eigenvalue weighted by molar-refractivity contribution is 5.62. The van der Waals surface area contributed by atoms with E-state index in [-0.39, 0.29) is 16.1 Å². The van der Waals surface area contributed by atoms with Crippen molar-refractivity contribution in [2.45, 2.75) is 109 Å². The first-order valence-corrected chi connectivity index (χ1v) is 12.2. The highest BCUT2D eigenvalue weighted by Gasteiger charge is 2.50. The molecular formula is C25H39N3O2. The van der Waals surface area contributed by atoms with E-state index < -0.39 is 0 Å². The summed E-state index contributed by atoms with van der Waals surface area (Å²) in [7, 11) is 0. The zero-order valence-corrected chi connectivity index (χ0v) is 19.0. The Morgan fingerprint density at radius 1 is 1.07 bits per heavy atom. The van der Waals surface area contributed by atoms with Gasteiger partial charge in [0.15, 0.2) is 0 Å². The van der Waals surface area contributed by atoms with E-state index in [0.717, 1.165) is 43.6 Å². The van der Waals surface area contributed by atoms with Crippen molar-refractivity contribution in [3.63, 3.8) is 0 Å². The van der Waals surface area contributed by atoms with Crippen LogP contribution in [0.3, 0.4) is 0 Å². The highest BCUT2D eigenvalue weighted by Crippen LogP contribution is 2.48. The van der Waals surface area contributed by atoms with Gasteiger partial charge in [-0.3, -0.25) is 15.0 Å². The summed E-state index contributed by atoms with van der Waals surface area (Å²) < 4.78 is 0. The first-order chi connectivity index (χ1) is 14.4. The third kappa shape index (κ3) is 4.23. The minimum absolute atomic E-state index is 0.0155. The monoisotopic (exact) mass is 413 g/mol. The first kappa shape index (κ1) is 21.6. The van der Waals surface area contributed by atoms with Crippen LogP contribution in [0.15, 0.2) is 24.3 Å². The molecule has 30 heavy (non-hydrogen) atoms. The van der Waals surface area contributed by atoms with Crippen molar-refractivity contribution in [2.75, 3.05) is 5.32 Å². The van der Waals surface area contributed by atoms with Crippen LogP contribution < -0.4 is 5.32 Å². The van der Waals surface area contributed by atoms with Crippen molar-refractivity contribution >= 4 is 11.4 Å². The lowest BCUT2D eigenvalue weighted by Crippen LogP contribution is -2.57. The predicted molar refractivity (Wildman–Crippen MR) is 123 cm³/mol. The fourth-order valence-electron chi connectivity index (χ4n) is 6.92. The number of nitro benzene ring substituents is 1. The number of anilines is 1. The van der Waals surface area contributed by atoms with E-state index >= 15 is 0 Å². The SMILES string of the molecule is CCC[C@]1(Nc2ccccc2[N+](=O)[O-])C[C@H]2CC[C@@H](C1)N2[C@H]1CC[C@@H](C(C)C)CC1. The zero-order chi connectivity index (χ0) is 21.3. The summed E-state index contributed by atoms with van der Waals surface area (Å²) in [6.45, 7) is 7.00. The molecule has 0 amide bonds. The van der Waals surface area contributed by atoms with Gasteiger partial charge in [0, 0.05) is 29.7 Å². The number of fused-ring (bicyclic) bond motifs is 2. The van der Waals surface area contributed by atoms with Crippen LogP contribution in [0.2, 0.25) is 0 Å². The van der Waals surface area contributed by atoms with Crippen molar-refractivity contribution in [1.82, 2.24) is 4.90 Å². The molecule has 0 unspecified atom stereocenters. The molecule has 1 aliphatic carbocycles. The topological polar surface area (TPSA) is 58.4 Å². The summed E-state index contributed by atoms with van der Waals surface area (Å²) in [5, 5.41) is 15.3. The van der Waals surface area contributed by atoms with Crippen molar-refractivity contribution in [3.8, 4) is 0 Å². The molecule has 2 heterocycles. The molecule has 2 aliphatic heterocycles. The predicted octanol–water partition coefficient (Wildman–Crippen LogP) is 6.39. The number of nitrogens with one attached hydrogen (secondary N) is 1. The third-order valence-electron chi connectivity index (χ3n) is 8.26. The summed E-state index contributed by atoms with van der Waals surface area (Å²) in [5.74, 6) is 1.72. The molecule has 166 valence electrons. The number of benzene rings is 1. The van der Waals surface area contributed by atoms with Gasteiger partial charge in [-0.1, -0.05) is 39.3 Å². The molecular weight excluding hydrogens is 374 g/mol. The number of para-hydroxylation sites is 2. The minimum Gasteiger partial charge on any atom is -0.374 e. The van der Waals surface area contributed by atoms with E-state index in [9.17, 15) is 10.1 Å². The summed E-state index contributed by atoms with van der Waals surface area (Å²) in [6.07, 6.45) is 12.5. The molecule has 1 aromatic rings. The second-order valence-corrected chi connectivity index (χ2v) is 10.5. The van der Waals surface area contributed by atoms with Crippen LogP contribution >= 0.6 is 0 Å². The first-order valence-electron chi connectivity index (χ1n) is 12.2. The normalized spacial score (nSPS) is 34.3. The maximum absolute atomic E-state index is 11.6. The van der Waals surface area contributed by atoms with Crippen LogP contribution in [0.4, 0.5) is 11.4 Å². The Morgan fingerprint density at radius 2 is 1.67 bits per heavy atom. The second-order valence-electron chi connectivity index (χ2n) is 10.5. The summed E-state index contributed by atoms with van der Waals surface area (Å²) in [5.41, 5.74) is 0.884. The largest absolute Gasteiger partial charge is 0.374 e. The van der Waals surface area contributed by atoms with Crippen LogP contribution in [0.1, 0.15) is 85.0 Å². The van der Waals surface area contributed by atoms with Gasteiger partial charge >= 0.3 is 0 Å². The van der Waals surface area contributed by atoms with Crippen LogP contribution in [-0.2, 0) is 0 Å². The van der Waals surface area contributed by atoms with Crippen LogP contribution in [0, 0.1) is 22.0 Å². The summed E-state index contributed by atoms with van der Waals surface area (Å²) in [4.78, 5) is 14.2. The number of nitro groups is 1. The Labute approximate surface area is 181 Å². The van der Waals surface area contributed by atoms with Crippen molar-refractivity contribution in [3.05, 3.63) is 34.4 Å². The molecule has 5 heteroatoms. The van der Waals surface area contributed by atoms with Gasteiger partial charge in [-0.25, -0.2) is 0 Å². The molecule has 1 aromatic carbocycles. The van der Waals surface area contributed by atoms with Gasteiger partial charge in [-0.15, -0.1) is 0 Å². The molecule has 1 N–H and O–H groups in total. The van der Waals surface area contributed by atoms with E-state index in [1.165, 1.54) is 38.5 Å². The number of hydrogen-bond acceptors (Lipinski definition) is 4. The van der Waals surface area contributed by atoms with E-state index in [1.807, 2.05) is 12.1 Å². The second kappa shape index (κ2) is 8.86. The van der Waals surface area contributed by atoms with Gasteiger partial charge in [0.2, 0.25) is 0 Å². The summed E-state index contributed by atoms with van der Waals surface area (Å²) >= 11 is 0. The van der Waals surface area contributed by atoms with E-state index in [2.05, 4.69) is 31.0 Å². The van der Waals surface area contributed by atoms with E-state index in [1.54, 1.807) is 12.1 Å². The minimum atomic E-state index is -0.251. The smallest absolute Gasteiger partial charge is 0.292 e. The zero-order valence-electron chi connectivity index (χ0n) is 19.0. The molecule has 3 fully saturated rings. The molecule has 3 atom stereocenters. The van der Waals surface area contributed by atoms with Gasteiger partial charge in [0.1, 0.15) is 5.69 Å². The number of hydrogen-bond donors (Lipinski definition) is 1. The number of nitrogens with zero attached hydrogens (tertiary/aromatic N) is 2. The van der Waals surface area contributed by atoms with Crippen LogP contribution in [0.25, 0.3) is 0 Å². The lowest BCUT2D eigenvalue weighted by atomic mass is 9.75. The Bertz CT molecular complexity index is 728. The molecule has 3 aliphatic rings. The Kier molecular flexibility index (Phi) is 6.38. The lowest BCUT2D eigenvalue weighted by Gasteiger charge is -2.51. The highest BCUT2D eigenvalue weighted by atomic mass is 16.6. The molecule has 0 radical (unpaired) electrons. The molecule has 5 nitrogen and oxygen atoms in total.